The average Bonchev–Trinajstić information content (AvgIpc) is 3.36. The van der Waals surface area contributed by atoms with Crippen LogP contribution in [0.15, 0.2) is 58.9 Å². The van der Waals surface area contributed by atoms with Gasteiger partial charge in [-0.3, -0.25) is 19.3 Å². The van der Waals surface area contributed by atoms with E-state index in [0.29, 0.717) is 42.1 Å². The van der Waals surface area contributed by atoms with Crippen LogP contribution in [0, 0.1) is 0 Å². The zero-order chi connectivity index (χ0) is 22.3. The van der Waals surface area contributed by atoms with Crippen LogP contribution in [0.2, 0.25) is 0 Å². The molecule has 164 valence electrons. The Bertz CT molecular complexity index is 1080. The van der Waals surface area contributed by atoms with E-state index < -0.39 is 0 Å². The molecule has 32 heavy (non-hydrogen) atoms. The fraction of sp³-hybridized carbons (Fsp3) is 0.261. The molecule has 0 saturated carbocycles. The molecule has 1 aliphatic rings. The third-order valence-corrected chi connectivity index (χ3v) is 7.06. The maximum atomic E-state index is 12.3. The van der Waals surface area contributed by atoms with E-state index in [2.05, 4.69) is 27.6 Å². The number of benzene rings is 2. The van der Waals surface area contributed by atoms with Crippen molar-refractivity contribution in [3.05, 3.63) is 71.3 Å². The third kappa shape index (κ3) is 5.41. The first-order chi connectivity index (χ1) is 15.6. The summed E-state index contributed by atoms with van der Waals surface area (Å²) in [6.07, 6.45) is 2.44. The summed E-state index contributed by atoms with van der Waals surface area (Å²) < 4.78 is 0.810. The largest absolute Gasteiger partial charge is 0.301 e. The van der Waals surface area contributed by atoms with E-state index in [1.807, 2.05) is 18.2 Å². The highest BCUT2D eigenvalue weighted by Gasteiger charge is 2.34. The molecule has 0 spiro atoms. The van der Waals surface area contributed by atoms with Crippen LogP contribution < -0.4 is 5.32 Å². The number of aromatic nitrogens is 2. The van der Waals surface area contributed by atoms with Crippen LogP contribution in [0.25, 0.3) is 0 Å². The number of carbonyl (C=O) groups excluding carboxylic acids is 3. The Morgan fingerprint density at radius 3 is 2.31 bits per heavy atom. The lowest BCUT2D eigenvalue weighted by atomic mass is 10.1. The molecular formula is C23H22N4O3S2. The number of imide groups is 1. The van der Waals surface area contributed by atoms with Gasteiger partial charge in [0.15, 0.2) is 4.34 Å². The van der Waals surface area contributed by atoms with Crippen molar-refractivity contribution in [1.29, 1.82) is 0 Å². The van der Waals surface area contributed by atoms with Crippen molar-refractivity contribution in [2.24, 2.45) is 0 Å². The Labute approximate surface area is 194 Å². The summed E-state index contributed by atoms with van der Waals surface area (Å²) in [4.78, 5) is 38.1. The van der Waals surface area contributed by atoms with Gasteiger partial charge in [-0.1, -0.05) is 72.0 Å². The third-order valence-electron chi connectivity index (χ3n) is 5.02. The summed E-state index contributed by atoms with van der Waals surface area (Å²) in [6.45, 7) is 0.367. The molecule has 0 bridgehead atoms. The second-order valence-corrected chi connectivity index (χ2v) is 9.51. The van der Waals surface area contributed by atoms with Gasteiger partial charge in [0.25, 0.3) is 11.8 Å². The first kappa shape index (κ1) is 22.2. The van der Waals surface area contributed by atoms with Gasteiger partial charge in [0.1, 0.15) is 0 Å². The molecule has 1 aliphatic heterocycles. The quantitative estimate of drug-likeness (QED) is 0.203. The van der Waals surface area contributed by atoms with Crippen LogP contribution in [0.5, 0.6) is 0 Å². The predicted octanol–water partition coefficient (Wildman–Crippen LogP) is 4.63. The Kier molecular flexibility index (Phi) is 7.28. The molecule has 1 N–H and O–H groups in total. The zero-order valence-electron chi connectivity index (χ0n) is 17.3. The maximum absolute atomic E-state index is 12.3. The number of hydrogen-bond acceptors (Lipinski definition) is 7. The van der Waals surface area contributed by atoms with Crippen LogP contribution in [-0.2, 0) is 10.5 Å². The van der Waals surface area contributed by atoms with Gasteiger partial charge in [0.05, 0.1) is 11.1 Å². The van der Waals surface area contributed by atoms with Gasteiger partial charge < -0.3 is 5.32 Å². The standard InChI is InChI=1S/C23H22N4O3S2/c28-19(24-22-25-26-23(32-22)31-15-16-9-3-1-4-10-16)13-5-2-8-14-27-20(29)17-11-6-7-12-18(17)21(27)30/h1,3-4,6-7,9-12H,2,5,8,13-15H2,(H,24,25,28). The fourth-order valence-electron chi connectivity index (χ4n) is 3.39. The number of unbranched alkanes of at least 4 members (excludes halogenated alkanes) is 2. The highest BCUT2D eigenvalue weighted by atomic mass is 32.2. The maximum Gasteiger partial charge on any atom is 0.261 e. The molecule has 0 aliphatic carbocycles. The lowest BCUT2D eigenvalue weighted by Crippen LogP contribution is -2.30. The van der Waals surface area contributed by atoms with E-state index in [4.69, 9.17) is 0 Å². The molecule has 9 heteroatoms. The van der Waals surface area contributed by atoms with E-state index in [9.17, 15) is 14.4 Å². The zero-order valence-corrected chi connectivity index (χ0v) is 19.0. The Morgan fingerprint density at radius 2 is 1.59 bits per heavy atom. The van der Waals surface area contributed by atoms with Crippen molar-refractivity contribution in [2.75, 3.05) is 11.9 Å². The molecule has 3 amide bonds. The first-order valence-electron chi connectivity index (χ1n) is 10.4. The van der Waals surface area contributed by atoms with Gasteiger partial charge in [-0.05, 0) is 30.5 Å². The Balaban J connectivity index is 1.14. The summed E-state index contributed by atoms with van der Waals surface area (Å²) >= 11 is 2.95. The minimum absolute atomic E-state index is 0.110. The van der Waals surface area contributed by atoms with Gasteiger partial charge in [0.2, 0.25) is 11.0 Å². The summed E-state index contributed by atoms with van der Waals surface area (Å²) in [5.74, 6) is 0.221. The van der Waals surface area contributed by atoms with Gasteiger partial charge in [0, 0.05) is 18.7 Å². The van der Waals surface area contributed by atoms with Crippen molar-refractivity contribution >= 4 is 46.0 Å². The number of carbonyl (C=O) groups is 3. The van der Waals surface area contributed by atoms with Crippen LogP contribution >= 0.6 is 23.1 Å². The fourth-order valence-corrected chi connectivity index (χ4v) is 5.12. The smallest absolute Gasteiger partial charge is 0.261 e. The molecule has 0 fully saturated rings. The van der Waals surface area contributed by atoms with Crippen LogP contribution in [-0.4, -0.2) is 39.4 Å². The summed E-state index contributed by atoms with van der Waals surface area (Å²) in [5, 5.41) is 11.4. The number of hydrogen-bond donors (Lipinski definition) is 1. The Morgan fingerprint density at radius 1 is 0.906 bits per heavy atom. The summed E-state index contributed by atoms with van der Waals surface area (Å²) in [5.41, 5.74) is 2.14. The molecule has 0 atom stereocenters. The topological polar surface area (TPSA) is 92.3 Å². The minimum atomic E-state index is -0.236. The van der Waals surface area contributed by atoms with Gasteiger partial charge in [-0.15, -0.1) is 10.2 Å². The molecule has 2 heterocycles. The number of amides is 3. The first-order valence-corrected chi connectivity index (χ1v) is 12.2. The average molecular weight is 467 g/mol. The van der Waals surface area contributed by atoms with Crippen molar-refractivity contribution in [3.8, 4) is 0 Å². The molecular weight excluding hydrogens is 444 g/mol. The minimum Gasteiger partial charge on any atom is -0.301 e. The van der Waals surface area contributed by atoms with E-state index in [0.717, 1.165) is 16.5 Å². The summed E-state index contributed by atoms with van der Waals surface area (Å²) in [7, 11) is 0. The van der Waals surface area contributed by atoms with Gasteiger partial charge in [-0.2, -0.15) is 0 Å². The number of nitrogens with one attached hydrogen (secondary N) is 1. The second kappa shape index (κ2) is 10.5. The molecule has 0 radical (unpaired) electrons. The van der Waals surface area contributed by atoms with Crippen LogP contribution in [0.1, 0.15) is 52.0 Å². The SMILES string of the molecule is O=C(CCCCCN1C(=O)c2ccccc2C1=O)Nc1nnc(SCc2ccccc2)s1. The van der Waals surface area contributed by atoms with E-state index >= 15 is 0 Å². The van der Waals surface area contributed by atoms with Crippen LogP contribution in [0.3, 0.4) is 0 Å². The van der Waals surface area contributed by atoms with E-state index in [-0.39, 0.29) is 17.7 Å². The molecule has 3 aromatic rings. The monoisotopic (exact) mass is 466 g/mol. The molecule has 2 aromatic carbocycles. The van der Waals surface area contributed by atoms with Crippen LogP contribution in [0.4, 0.5) is 5.13 Å². The highest BCUT2D eigenvalue weighted by molar-refractivity contribution is 8.00. The number of rotatable bonds is 10. The molecule has 1 aromatic heterocycles. The molecule has 7 nitrogen and oxygen atoms in total. The lowest BCUT2D eigenvalue weighted by molar-refractivity contribution is -0.116. The number of anilines is 1. The van der Waals surface area contributed by atoms with Gasteiger partial charge >= 0.3 is 0 Å². The van der Waals surface area contributed by atoms with Crippen molar-refractivity contribution in [1.82, 2.24) is 15.1 Å². The van der Waals surface area contributed by atoms with E-state index in [1.54, 1.807) is 36.0 Å². The van der Waals surface area contributed by atoms with Crippen molar-refractivity contribution in [3.63, 3.8) is 0 Å². The Hall–Kier alpha value is -3.04. The lowest BCUT2D eigenvalue weighted by Gasteiger charge is -2.13. The second-order valence-electron chi connectivity index (χ2n) is 7.31. The molecule has 0 saturated heterocycles. The van der Waals surface area contributed by atoms with Gasteiger partial charge in [-0.25, -0.2) is 0 Å². The molecule has 0 unspecified atom stereocenters. The predicted molar refractivity (Wildman–Crippen MR) is 125 cm³/mol. The molecule has 4 rings (SSSR count). The number of thioether (sulfide) groups is 1. The van der Waals surface area contributed by atoms with Crippen molar-refractivity contribution in [2.45, 2.75) is 35.8 Å². The number of fused-ring (bicyclic) bond motifs is 1. The number of nitrogens with zero attached hydrogens (tertiary/aromatic N) is 3. The summed E-state index contributed by atoms with van der Waals surface area (Å²) in [6, 6.07) is 17.0. The highest BCUT2D eigenvalue weighted by Crippen LogP contribution is 2.28. The van der Waals surface area contributed by atoms with E-state index in [1.165, 1.54) is 21.8 Å². The normalized spacial score (nSPS) is 12.8. The van der Waals surface area contributed by atoms with Crippen molar-refractivity contribution < 1.29 is 14.4 Å².